The van der Waals surface area contributed by atoms with Gasteiger partial charge in [0.2, 0.25) is 0 Å². The molecule has 0 aliphatic carbocycles. The molecule has 152 valence electrons. The molecule has 6 heteroatoms. The van der Waals surface area contributed by atoms with Crippen LogP contribution in [0.3, 0.4) is 0 Å². The molecular weight excluding hydrogens is 463 g/mol. The van der Waals surface area contributed by atoms with Crippen LogP contribution in [0.5, 0.6) is 0 Å². The fraction of sp³-hybridized carbons (Fsp3) is 0.364. The zero-order valence-corrected chi connectivity index (χ0v) is 19.4. The van der Waals surface area contributed by atoms with Crippen molar-refractivity contribution in [2.75, 3.05) is 20.1 Å². The van der Waals surface area contributed by atoms with E-state index < -0.39 is 0 Å². The van der Waals surface area contributed by atoms with Crippen molar-refractivity contribution in [1.29, 1.82) is 0 Å². The number of halogens is 1. The summed E-state index contributed by atoms with van der Waals surface area (Å²) in [4.78, 5) is 16.5. The van der Waals surface area contributed by atoms with Crippen molar-refractivity contribution < 1.29 is 4.79 Å². The Kier molecular flexibility index (Phi) is 10.6. The van der Waals surface area contributed by atoms with Crippen LogP contribution in [0.2, 0.25) is 0 Å². The summed E-state index contributed by atoms with van der Waals surface area (Å²) in [6, 6.07) is 16.2. The van der Waals surface area contributed by atoms with Crippen LogP contribution >= 0.6 is 24.0 Å². The predicted molar refractivity (Wildman–Crippen MR) is 128 cm³/mol. The van der Waals surface area contributed by atoms with Crippen LogP contribution in [0, 0.1) is 6.92 Å². The molecule has 0 saturated heterocycles. The van der Waals surface area contributed by atoms with Crippen molar-refractivity contribution in [1.82, 2.24) is 16.0 Å². The van der Waals surface area contributed by atoms with E-state index in [4.69, 9.17) is 4.99 Å². The topological polar surface area (TPSA) is 65.5 Å². The normalized spacial score (nSPS) is 11.9. The molecule has 0 fully saturated rings. The monoisotopic (exact) mass is 494 g/mol. The Morgan fingerprint density at radius 3 is 2.57 bits per heavy atom. The Balaban J connectivity index is 0.00000392. The van der Waals surface area contributed by atoms with Gasteiger partial charge in [-0.15, -0.1) is 24.0 Å². The van der Waals surface area contributed by atoms with Crippen molar-refractivity contribution in [2.24, 2.45) is 4.99 Å². The molecule has 0 aliphatic rings. The molecule has 2 aromatic rings. The highest BCUT2D eigenvalue weighted by Crippen LogP contribution is 2.16. The molecule has 2 aromatic carbocycles. The van der Waals surface area contributed by atoms with Gasteiger partial charge in [-0.2, -0.15) is 0 Å². The molecular formula is C22H31IN4O. The molecule has 3 N–H and O–H groups in total. The highest BCUT2D eigenvalue weighted by molar-refractivity contribution is 14.0. The minimum absolute atomic E-state index is 0. The van der Waals surface area contributed by atoms with E-state index in [1.165, 1.54) is 11.1 Å². The quantitative estimate of drug-likeness (QED) is 0.312. The van der Waals surface area contributed by atoms with Crippen LogP contribution in [0.4, 0.5) is 0 Å². The van der Waals surface area contributed by atoms with Gasteiger partial charge in [-0.25, -0.2) is 0 Å². The fourth-order valence-corrected chi connectivity index (χ4v) is 2.98. The second-order valence-electron chi connectivity index (χ2n) is 6.51. The van der Waals surface area contributed by atoms with Crippen molar-refractivity contribution in [3.05, 3.63) is 70.8 Å². The van der Waals surface area contributed by atoms with Crippen LogP contribution in [-0.4, -0.2) is 32.0 Å². The average molecular weight is 494 g/mol. The number of carbonyl (C=O) groups excluding carboxylic acids is 1. The lowest BCUT2D eigenvalue weighted by Gasteiger charge is -2.19. The maximum atomic E-state index is 11.8. The minimum Gasteiger partial charge on any atom is -0.357 e. The maximum absolute atomic E-state index is 11.8. The van der Waals surface area contributed by atoms with E-state index in [0.29, 0.717) is 12.1 Å². The number of nitrogens with zero attached hydrogens (tertiary/aromatic N) is 1. The van der Waals surface area contributed by atoms with Crippen LogP contribution < -0.4 is 16.0 Å². The van der Waals surface area contributed by atoms with Gasteiger partial charge in [-0.05, 0) is 56.0 Å². The zero-order chi connectivity index (χ0) is 19.6. The van der Waals surface area contributed by atoms with Gasteiger partial charge in [0.15, 0.2) is 5.96 Å². The van der Waals surface area contributed by atoms with Gasteiger partial charge in [-0.3, -0.25) is 9.79 Å². The maximum Gasteiger partial charge on any atom is 0.251 e. The molecule has 28 heavy (non-hydrogen) atoms. The Morgan fingerprint density at radius 2 is 1.89 bits per heavy atom. The summed E-state index contributed by atoms with van der Waals surface area (Å²) in [7, 11) is 1.64. The second kappa shape index (κ2) is 12.4. The van der Waals surface area contributed by atoms with Crippen LogP contribution in [-0.2, 0) is 6.42 Å². The molecule has 2 rings (SSSR count). The van der Waals surface area contributed by atoms with E-state index >= 15 is 0 Å². The number of guanidine groups is 1. The third kappa shape index (κ3) is 7.14. The Morgan fingerprint density at radius 1 is 1.14 bits per heavy atom. The number of aryl methyl sites for hydroxylation is 1. The SMILES string of the molecule is CCNC(=NCCc1cccc(C(=O)NC)c1)NC(C)c1ccccc1C.I. The Bertz CT molecular complexity index is 792. The number of hydrogen-bond acceptors (Lipinski definition) is 2. The molecule has 1 atom stereocenters. The molecule has 0 aliphatic heterocycles. The fourth-order valence-electron chi connectivity index (χ4n) is 2.98. The largest absolute Gasteiger partial charge is 0.357 e. The summed E-state index contributed by atoms with van der Waals surface area (Å²) < 4.78 is 0. The van der Waals surface area contributed by atoms with Crippen molar-refractivity contribution in [3.8, 4) is 0 Å². The number of hydrogen-bond donors (Lipinski definition) is 3. The molecule has 0 saturated carbocycles. The van der Waals surface area contributed by atoms with Crippen LogP contribution in [0.1, 0.15) is 46.9 Å². The predicted octanol–water partition coefficient (Wildman–Crippen LogP) is 3.83. The minimum atomic E-state index is -0.0672. The summed E-state index contributed by atoms with van der Waals surface area (Å²) in [6.07, 6.45) is 0.778. The van der Waals surface area contributed by atoms with Gasteiger partial charge >= 0.3 is 0 Å². The third-order valence-electron chi connectivity index (χ3n) is 4.44. The summed E-state index contributed by atoms with van der Waals surface area (Å²) in [5.41, 5.74) is 4.31. The van der Waals surface area contributed by atoms with E-state index in [0.717, 1.165) is 24.5 Å². The van der Waals surface area contributed by atoms with Crippen molar-refractivity contribution >= 4 is 35.8 Å². The zero-order valence-electron chi connectivity index (χ0n) is 17.1. The average Bonchev–Trinajstić information content (AvgIpc) is 2.68. The highest BCUT2D eigenvalue weighted by atomic mass is 127. The Labute approximate surface area is 185 Å². The molecule has 0 aromatic heterocycles. The van der Waals surface area contributed by atoms with Gasteiger partial charge in [-0.1, -0.05) is 36.4 Å². The van der Waals surface area contributed by atoms with Gasteiger partial charge in [0, 0.05) is 25.7 Å². The Hall–Kier alpha value is -2.09. The van der Waals surface area contributed by atoms with Gasteiger partial charge in [0.1, 0.15) is 0 Å². The third-order valence-corrected chi connectivity index (χ3v) is 4.44. The molecule has 0 heterocycles. The summed E-state index contributed by atoms with van der Waals surface area (Å²) >= 11 is 0. The molecule has 1 amide bonds. The smallest absolute Gasteiger partial charge is 0.251 e. The first-order valence-corrected chi connectivity index (χ1v) is 9.46. The van der Waals surface area contributed by atoms with E-state index in [2.05, 4.69) is 61.0 Å². The molecule has 0 bridgehead atoms. The lowest BCUT2D eigenvalue weighted by Crippen LogP contribution is -2.39. The van der Waals surface area contributed by atoms with Crippen LogP contribution in [0.15, 0.2) is 53.5 Å². The number of aliphatic imine (C=N–C) groups is 1. The number of carbonyl (C=O) groups is 1. The number of rotatable bonds is 7. The van der Waals surface area contributed by atoms with Gasteiger partial charge in [0.25, 0.3) is 5.91 Å². The standard InChI is InChI=1S/C22H30N4O.HI/c1-5-24-22(26-17(3)20-12-7-6-9-16(20)2)25-14-13-18-10-8-11-19(15-18)21(27)23-4;/h6-12,15,17H,5,13-14H2,1-4H3,(H,23,27)(H2,24,25,26);1H. The van der Waals surface area contributed by atoms with Gasteiger partial charge in [0.05, 0.1) is 6.04 Å². The van der Waals surface area contributed by atoms with E-state index in [1.807, 2.05) is 24.3 Å². The van der Waals surface area contributed by atoms with Crippen molar-refractivity contribution in [3.63, 3.8) is 0 Å². The first-order valence-electron chi connectivity index (χ1n) is 9.46. The molecule has 1 unspecified atom stereocenters. The number of nitrogens with one attached hydrogen (secondary N) is 3. The lowest BCUT2D eigenvalue weighted by molar-refractivity contribution is 0.0963. The second-order valence-corrected chi connectivity index (χ2v) is 6.51. The first kappa shape index (κ1) is 23.9. The lowest BCUT2D eigenvalue weighted by atomic mass is 10.0. The van der Waals surface area contributed by atoms with E-state index in [-0.39, 0.29) is 35.9 Å². The summed E-state index contributed by atoms with van der Waals surface area (Å²) in [5, 5.41) is 9.43. The number of benzene rings is 2. The van der Waals surface area contributed by atoms with E-state index in [9.17, 15) is 4.79 Å². The van der Waals surface area contributed by atoms with Crippen LogP contribution in [0.25, 0.3) is 0 Å². The molecule has 0 radical (unpaired) electrons. The van der Waals surface area contributed by atoms with E-state index in [1.54, 1.807) is 7.05 Å². The highest BCUT2D eigenvalue weighted by Gasteiger charge is 2.09. The number of amides is 1. The van der Waals surface area contributed by atoms with Gasteiger partial charge < -0.3 is 16.0 Å². The summed E-state index contributed by atoms with van der Waals surface area (Å²) in [5.74, 6) is 0.734. The molecule has 5 nitrogen and oxygen atoms in total. The van der Waals surface area contributed by atoms with Crippen molar-refractivity contribution in [2.45, 2.75) is 33.2 Å². The summed E-state index contributed by atoms with van der Waals surface area (Å²) in [6.45, 7) is 7.77. The molecule has 0 spiro atoms. The first-order chi connectivity index (χ1) is 13.0.